The maximum absolute atomic E-state index is 6.23. The van der Waals surface area contributed by atoms with E-state index in [0.717, 1.165) is 19.1 Å². The molecule has 0 radical (unpaired) electrons. The highest BCUT2D eigenvalue weighted by Gasteiger charge is 2.33. The Kier molecular flexibility index (Phi) is 4.89. The number of hydrogen-bond acceptors (Lipinski definition) is 4. The average Bonchev–Trinajstić information content (AvgIpc) is 3.18. The van der Waals surface area contributed by atoms with E-state index in [1.165, 1.54) is 51.9 Å². The van der Waals surface area contributed by atoms with Crippen LogP contribution in [0.1, 0.15) is 46.5 Å². The van der Waals surface area contributed by atoms with Crippen LogP contribution in [0.4, 0.5) is 0 Å². The highest BCUT2D eigenvalue weighted by molar-refractivity contribution is 4.88. The molecule has 21 heavy (non-hydrogen) atoms. The normalized spacial score (nSPS) is 32.7. The van der Waals surface area contributed by atoms with Crippen LogP contribution in [-0.4, -0.2) is 72.9 Å². The minimum absolute atomic E-state index is 0.195. The third-order valence-corrected chi connectivity index (χ3v) is 4.99. The van der Waals surface area contributed by atoms with E-state index in [0.29, 0.717) is 12.2 Å². The summed E-state index contributed by atoms with van der Waals surface area (Å²) in [6.07, 6.45) is 6.21. The smallest absolute Gasteiger partial charge is 0.0707 e. The number of nitrogens with one attached hydrogen (secondary N) is 1. The molecule has 1 saturated carbocycles. The first-order chi connectivity index (χ1) is 9.99. The Labute approximate surface area is 130 Å². The van der Waals surface area contributed by atoms with Gasteiger partial charge in [-0.25, -0.2) is 0 Å². The monoisotopic (exact) mass is 295 g/mol. The summed E-state index contributed by atoms with van der Waals surface area (Å²) in [5.74, 6) is 0. The molecule has 3 rings (SSSR count). The van der Waals surface area contributed by atoms with Crippen LogP contribution in [0.15, 0.2) is 0 Å². The van der Waals surface area contributed by atoms with Crippen LogP contribution in [-0.2, 0) is 4.74 Å². The third-order valence-electron chi connectivity index (χ3n) is 4.99. The standard InChI is InChI=1S/C17H33N3O/c1-17(2,3)18-12-15-6-7-16(21-15)13-19-8-10-20(11-9-19)14-4-5-14/h14-16,18H,4-13H2,1-3H3. The van der Waals surface area contributed by atoms with Gasteiger partial charge in [0, 0.05) is 50.8 Å². The van der Waals surface area contributed by atoms with Gasteiger partial charge in [0.1, 0.15) is 0 Å². The zero-order valence-corrected chi connectivity index (χ0v) is 14.1. The van der Waals surface area contributed by atoms with Gasteiger partial charge >= 0.3 is 0 Å². The molecule has 2 aliphatic heterocycles. The fraction of sp³-hybridized carbons (Fsp3) is 1.00. The van der Waals surface area contributed by atoms with Crippen LogP contribution in [0, 0.1) is 0 Å². The number of hydrogen-bond donors (Lipinski definition) is 1. The second-order valence-corrected chi connectivity index (χ2v) is 8.16. The van der Waals surface area contributed by atoms with Gasteiger partial charge in [-0.3, -0.25) is 9.80 Å². The molecule has 0 amide bonds. The van der Waals surface area contributed by atoms with Gasteiger partial charge in [-0.2, -0.15) is 0 Å². The lowest BCUT2D eigenvalue weighted by Crippen LogP contribution is -2.49. The molecule has 2 heterocycles. The molecule has 3 fully saturated rings. The Hall–Kier alpha value is -0.160. The number of ether oxygens (including phenoxy) is 1. The fourth-order valence-electron chi connectivity index (χ4n) is 3.52. The molecule has 2 atom stereocenters. The summed E-state index contributed by atoms with van der Waals surface area (Å²) in [6.45, 7) is 13.8. The molecular weight excluding hydrogens is 262 g/mol. The first kappa shape index (κ1) is 15.7. The third kappa shape index (κ3) is 4.92. The van der Waals surface area contributed by atoms with Crippen LogP contribution in [0.2, 0.25) is 0 Å². The van der Waals surface area contributed by atoms with Gasteiger partial charge in [0.2, 0.25) is 0 Å². The van der Waals surface area contributed by atoms with Crippen molar-refractivity contribution in [3.8, 4) is 0 Å². The Bertz CT molecular complexity index is 329. The second-order valence-electron chi connectivity index (χ2n) is 8.16. The van der Waals surface area contributed by atoms with Crippen molar-refractivity contribution in [2.24, 2.45) is 0 Å². The summed E-state index contributed by atoms with van der Waals surface area (Å²) in [4.78, 5) is 5.30. The predicted octanol–water partition coefficient (Wildman–Crippen LogP) is 1.70. The summed E-state index contributed by atoms with van der Waals surface area (Å²) >= 11 is 0. The molecule has 0 aromatic rings. The maximum atomic E-state index is 6.23. The van der Waals surface area contributed by atoms with Crippen molar-refractivity contribution in [2.75, 3.05) is 39.3 Å². The van der Waals surface area contributed by atoms with Crippen molar-refractivity contribution in [1.29, 1.82) is 0 Å². The molecule has 2 unspecified atom stereocenters. The molecule has 2 saturated heterocycles. The van der Waals surface area contributed by atoms with E-state index in [9.17, 15) is 0 Å². The molecule has 3 aliphatic rings. The van der Waals surface area contributed by atoms with Crippen molar-refractivity contribution in [2.45, 2.75) is 70.2 Å². The summed E-state index contributed by atoms with van der Waals surface area (Å²) in [7, 11) is 0. The molecule has 0 bridgehead atoms. The van der Waals surface area contributed by atoms with Gasteiger partial charge in [-0.15, -0.1) is 0 Å². The first-order valence-electron chi connectivity index (χ1n) is 8.86. The molecule has 0 aromatic heterocycles. The van der Waals surface area contributed by atoms with Crippen LogP contribution < -0.4 is 5.32 Å². The quantitative estimate of drug-likeness (QED) is 0.835. The molecule has 0 aromatic carbocycles. The van der Waals surface area contributed by atoms with E-state index >= 15 is 0 Å². The van der Waals surface area contributed by atoms with E-state index in [-0.39, 0.29) is 5.54 Å². The first-order valence-corrected chi connectivity index (χ1v) is 8.86. The number of rotatable bonds is 5. The second kappa shape index (κ2) is 6.53. The van der Waals surface area contributed by atoms with Crippen molar-refractivity contribution in [3.63, 3.8) is 0 Å². The Balaban J connectivity index is 1.33. The van der Waals surface area contributed by atoms with E-state index in [2.05, 4.69) is 35.9 Å². The van der Waals surface area contributed by atoms with Crippen LogP contribution in [0.3, 0.4) is 0 Å². The molecule has 1 N–H and O–H groups in total. The molecular formula is C17H33N3O. The van der Waals surface area contributed by atoms with Crippen LogP contribution in [0.5, 0.6) is 0 Å². The molecule has 4 heteroatoms. The van der Waals surface area contributed by atoms with Gasteiger partial charge in [0.05, 0.1) is 12.2 Å². The fourth-order valence-corrected chi connectivity index (χ4v) is 3.52. The van der Waals surface area contributed by atoms with Gasteiger partial charge in [-0.1, -0.05) is 0 Å². The lowest BCUT2D eigenvalue weighted by Gasteiger charge is -2.36. The lowest BCUT2D eigenvalue weighted by molar-refractivity contribution is 0.0100. The summed E-state index contributed by atoms with van der Waals surface area (Å²) in [5, 5.41) is 3.57. The number of piperazine rings is 1. The van der Waals surface area contributed by atoms with Gasteiger partial charge in [-0.05, 0) is 46.5 Å². The zero-order valence-electron chi connectivity index (χ0n) is 14.1. The summed E-state index contributed by atoms with van der Waals surface area (Å²) < 4.78 is 6.23. The Morgan fingerprint density at radius 2 is 1.62 bits per heavy atom. The summed E-state index contributed by atoms with van der Waals surface area (Å²) in [5.41, 5.74) is 0.195. The van der Waals surface area contributed by atoms with Crippen LogP contribution in [0.25, 0.3) is 0 Å². The van der Waals surface area contributed by atoms with Crippen LogP contribution >= 0.6 is 0 Å². The molecule has 4 nitrogen and oxygen atoms in total. The highest BCUT2D eigenvalue weighted by Crippen LogP contribution is 2.28. The predicted molar refractivity (Wildman–Crippen MR) is 86.7 cm³/mol. The Morgan fingerprint density at radius 1 is 0.952 bits per heavy atom. The highest BCUT2D eigenvalue weighted by atomic mass is 16.5. The Morgan fingerprint density at radius 3 is 2.24 bits per heavy atom. The van der Waals surface area contributed by atoms with Crippen molar-refractivity contribution in [1.82, 2.24) is 15.1 Å². The zero-order chi connectivity index (χ0) is 14.9. The van der Waals surface area contributed by atoms with Gasteiger partial charge in [0.25, 0.3) is 0 Å². The average molecular weight is 295 g/mol. The minimum Gasteiger partial charge on any atom is -0.372 e. The van der Waals surface area contributed by atoms with Gasteiger partial charge in [0.15, 0.2) is 0 Å². The SMILES string of the molecule is CC(C)(C)NCC1CCC(CN2CCN(C3CC3)CC2)O1. The van der Waals surface area contributed by atoms with Crippen molar-refractivity contribution in [3.05, 3.63) is 0 Å². The maximum Gasteiger partial charge on any atom is 0.0707 e. The van der Waals surface area contributed by atoms with E-state index in [1.54, 1.807) is 0 Å². The topological polar surface area (TPSA) is 27.7 Å². The van der Waals surface area contributed by atoms with Crippen molar-refractivity contribution >= 4 is 0 Å². The van der Waals surface area contributed by atoms with Crippen molar-refractivity contribution < 1.29 is 4.74 Å². The van der Waals surface area contributed by atoms with E-state index in [4.69, 9.17) is 4.74 Å². The minimum atomic E-state index is 0.195. The lowest BCUT2D eigenvalue weighted by atomic mass is 10.1. The molecule has 122 valence electrons. The number of nitrogens with zero attached hydrogens (tertiary/aromatic N) is 2. The van der Waals surface area contributed by atoms with Gasteiger partial charge < -0.3 is 10.1 Å². The largest absolute Gasteiger partial charge is 0.372 e. The summed E-state index contributed by atoms with van der Waals surface area (Å²) in [6, 6.07) is 0.933. The molecule has 0 spiro atoms. The van der Waals surface area contributed by atoms with E-state index < -0.39 is 0 Å². The molecule has 1 aliphatic carbocycles. The van der Waals surface area contributed by atoms with E-state index in [1.807, 2.05) is 0 Å².